The van der Waals surface area contributed by atoms with Gasteiger partial charge in [0.05, 0.1) is 12.1 Å². The molecule has 0 bridgehead atoms. The number of carbonyl (C=O) groups is 2. The number of hydrogen-bond donors (Lipinski definition) is 4. The third-order valence-corrected chi connectivity index (χ3v) is 5.15. The van der Waals surface area contributed by atoms with Crippen LogP contribution in [0.2, 0.25) is 0 Å². The van der Waals surface area contributed by atoms with E-state index in [1.54, 1.807) is 12.1 Å². The van der Waals surface area contributed by atoms with Gasteiger partial charge in [-0.2, -0.15) is 0 Å². The molecular formula is C23H26FN5O2. The summed E-state index contributed by atoms with van der Waals surface area (Å²) in [5, 5.41) is 11.8. The van der Waals surface area contributed by atoms with Crippen LogP contribution in [0.4, 0.5) is 15.8 Å². The summed E-state index contributed by atoms with van der Waals surface area (Å²) in [6, 6.07) is 9.79. The van der Waals surface area contributed by atoms with Crippen molar-refractivity contribution >= 4 is 29.1 Å². The van der Waals surface area contributed by atoms with Crippen molar-refractivity contribution in [1.29, 1.82) is 0 Å². The third kappa shape index (κ3) is 5.02. The molecule has 8 heteroatoms. The number of rotatable bonds is 6. The molecule has 1 aliphatic carbocycles. The molecule has 1 aliphatic heterocycles. The fraction of sp³-hybridized carbons (Fsp3) is 0.348. The van der Waals surface area contributed by atoms with E-state index in [-0.39, 0.29) is 17.5 Å². The van der Waals surface area contributed by atoms with Gasteiger partial charge in [0.1, 0.15) is 5.82 Å². The van der Waals surface area contributed by atoms with Crippen LogP contribution >= 0.6 is 0 Å². The highest BCUT2D eigenvalue weighted by molar-refractivity contribution is 6.06. The first kappa shape index (κ1) is 20.8. The van der Waals surface area contributed by atoms with E-state index in [2.05, 4.69) is 26.3 Å². The van der Waals surface area contributed by atoms with E-state index in [9.17, 15) is 14.0 Å². The molecule has 162 valence electrons. The van der Waals surface area contributed by atoms with E-state index in [0.717, 1.165) is 30.6 Å². The molecule has 0 unspecified atom stereocenters. The SMILES string of the molecule is CC(C)NC(=O)c1cc(Nc2ccc(C(=O)NC3=NCCN3)cc2C2CC2)ccc1F. The minimum Gasteiger partial charge on any atom is -0.355 e. The minimum atomic E-state index is -0.568. The van der Waals surface area contributed by atoms with Crippen LogP contribution in [0.1, 0.15) is 58.9 Å². The number of amides is 2. The summed E-state index contributed by atoms with van der Waals surface area (Å²) in [6.45, 7) is 5.03. The Labute approximate surface area is 180 Å². The molecule has 31 heavy (non-hydrogen) atoms. The highest BCUT2D eigenvalue weighted by atomic mass is 19.1. The molecule has 7 nitrogen and oxygen atoms in total. The van der Waals surface area contributed by atoms with E-state index in [1.165, 1.54) is 12.1 Å². The second-order valence-electron chi connectivity index (χ2n) is 8.14. The molecule has 2 aliphatic rings. The number of nitrogens with one attached hydrogen (secondary N) is 4. The second-order valence-corrected chi connectivity index (χ2v) is 8.14. The quantitative estimate of drug-likeness (QED) is 0.574. The number of benzene rings is 2. The Bertz CT molecular complexity index is 1050. The zero-order chi connectivity index (χ0) is 22.0. The standard InChI is InChI=1S/C23H26FN5O2/c1-13(2)27-22(31)18-12-16(6-7-19(18)24)28-20-8-5-15(11-17(20)14-3-4-14)21(30)29-23-25-9-10-26-23/h5-8,11-14,28H,3-4,9-10H2,1-2H3,(H,27,31)(H2,25,26,29,30). The Balaban J connectivity index is 1.56. The monoisotopic (exact) mass is 423 g/mol. The fourth-order valence-electron chi connectivity index (χ4n) is 3.48. The van der Waals surface area contributed by atoms with Crippen molar-refractivity contribution in [3.63, 3.8) is 0 Å². The van der Waals surface area contributed by atoms with E-state index in [4.69, 9.17) is 0 Å². The van der Waals surface area contributed by atoms with E-state index < -0.39 is 11.7 Å². The van der Waals surface area contributed by atoms with Crippen molar-refractivity contribution in [2.45, 2.75) is 38.6 Å². The Morgan fingerprint density at radius 3 is 2.61 bits per heavy atom. The third-order valence-electron chi connectivity index (χ3n) is 5.15. The summed E-state index contributed by atoms with van der Waals surface area (Å²) < 4.78 is 14.2. The molecule has 1 saturated carbocycles. The first-order chi connectivity index (χ1) is 14.9. The molecule has 4 N–H and O–H groups in total. The molecule has 0 spiro atoms. The van der Waals surface area contributed by atoms with Crippen LogP contribution in [0.15, 0.2) is 41.4 Å². The van der Waals surface area contributed by atoms with Gasteiger partial charge in [-0.25, -0.2) is 4.39 Å². The number of hydrogen-bond acceptors (Lipinski definition) is 5. The van der Waals surface area contributed by atoms with Crippen LogP contribution in [0, 0.1) is 5.82 Å². The predicted molar refractivity (Wildman–Crippen MR) is 118 cm³/mol. The van der Waals surface area contributed by atoms with Crippen molar-refractivity contribution < 1.29 is 14.0 Å². The maximum Gasteiger partial charge on any atom is 0.257 e. The molecule has 1 heterocycles. The predicted octanol–water partition coefficient (Wildman–Crippen LogP) is 3.27. The van der Waals surface area contributed by atoms with Crippen molar-refractivity contribution in [1.82, 2.24) is 16.0 Å². The first-order valence-corrected chi connectivity index (χ1v) is 10.5. The number of carbonyl (C=O) groups excluding carboxylic acids is 2. The summed E-state index contributed by atoms with van der Waals surface area (Å²) in [4.78, 5) is 29.1. The van der Waals surface area contributed by atoms with Crippen molar-refractivity contribution in [2.75, 3.05) is 18.4 Å². The van der Waals surface area contributed by atoms with Gasteiger partial charge in [-0.05, 0) is 74.6 Å². The molecule has 4 rings (SSSR count). The molecule has 2 aromatic rings. The second kappa shape index (κ2) is 8.75. The van der Waals surface area contributed by atoms with Crippen LogP contribution in [0.25, 0.3) is 0 Å². The lowest BCUT2D eigenvalue weighted by Crippen LogP contribution is -2.38. The lowest BCUT2D eigenvalue weighted by molar-refractivity contribution is 0.0937. The van der Waals surface area contributed by atoms with Crippen LogP contribution in [0.5, 0.6) is 0 Å². The lowest BCUT2D eigenvalue weighted by atomic mass is 10.0. The molecule has 0 radical (unpaired) electrons. The zero-order valence-corrected chi connectivity index (χ0v) is 17.6. The normalized spacial score (nSPS) is 15.3. The number of guanidine groups is 1. The van der Waals surface area contributed by atoms with Crippen molar-refractivity contribution in [3.05, 3.63) is 58.9 Å². The van der Waals surface area contributed by atoms with Gasteiger partial charge in [0.2, 0.25) is 0 Å². The summed E-state index contributed by atoms with van der Waals surface area (Å²) in [5.74, 6) is -0.355. The van der Waals surface area contributed by atoms with Gasteiger partial charge < -0.3 is 16.0 Å². The zero-order valence-electron chi connectivity index (χ0n) is 17.6. The summed E-state index contributed by atoms with van der Waals surface area (Å²) in [6.07, 6.45) is 2.11. The highest BCUT2D eigenvalue weighted by Crippen LogP contribution is 2.44. The highest BCUT2D eigenvalue weighted by Gasteiger charge is 2.27. The average molecular weight is 423 g/mol. The van der Waals surface area contributed by atoms with E-state index >= 15 is 0 Å². The van der Waals surface area contributed by atoms with Gasteiger partial charge in [-0.1, -0.05) is 0 Å². The van der Waals surface area contributed by atoms with Gasteiger partial charge in [0.15, 0.2) is 5.96 Å². The summed E-state index contributed by atoms with van der Waals surface area (Å²) in [5.41, 5.74) is 3.04. The first-order valence-electron chi connectivity index (χ1n) is 10.5. The Morgan fingerprint density at radius 1 is 1.13 bits per heavy atom. The maximum atomic E-state index is 14.2. The van der Waals surface area contributed by atoms with Gasteiger partial charge in [0, 0.05) is 29.5 Å². The van der Waals surface area contributed by atoms with Gasteiger partial charge in [0.25, 0.3) is 11.8 Å². The molecule has 2 amide bonds. The molecule has 0 atom stereocenters. The van der Waals surface area contributed by atoms with Crippen LogP contribution in [0.3, 0.4) is 0 Å². The number of anilines is 2. The molecule has 1 fully saturated rings. The van der Waals surface area contributed by atoms with Crippen molar-refractivity contribution in [2.24, 2.45) is 4.99 Å². The maximum absolute atomic E-state index is 14.2. The Hall–Kier alpha value is -3.42. The Morgan fingerprint density at radius 2 is 1.94 bits per heavy atom. The van der Waals surface area contributed by atoms with Crippen LogP contribution < -0.4 is 21.3 Å². The van der Waals surface area contributed by atoms with Crippen LogP contribution in [-0.2, 0) is 0 Å². The number of halogens is 1. The van der Waals surface area contributed by atoms with Gasteiger partial charge >= 0.3 is 0 Å². The fourth-order valence-corrected chi connectivity index (χ4v) is 3.48. The molecule has 0 saturated heterocycles. The minimum absolute atomic E-state index is 0.00694. The van der Waals surface area contributed by atoms with E-state index in [0.29, 0.717) is 29.7 Å². The van der Waals surface area contributed by atoms with Crippen molar-refractivity contribution in [3.8, 4) is 0 Å². The van der Waals surface area contributed by atoms with E-state index in [1.807, 2.05) is 26.0 Å². The number of aliphatic imine (C=N–C) groups is 1. The lowest BCUT2D eigenvalue weighted by Gasteiger charge is -2.15. The number of nitrogens with zero attached hydrogens (tertiary/aromatic N) is 1. The van der Waals surface area contributed by atoms with Gasteiger partial charge in [-0.15, -0.1) is 0 Å². The summed E-state index contributed by atoms with van der Waals surface area (Å²) >= 11 is 0. The average Bonchev–Trinajstić information content (AvgIpc) is 3.45. The van der Waals surface area contributed by atoms with Crippen LogP contribution in [-0.4, -0.2) is 36.9 Å². The van der Waals surface area contributed by atoms with Gasteiger partial charge in [-0.3, -0.25) is 19.9 Å². The Kier molecular flexibility index (Phi) is 5.88. The molecular weight excluding hydrogens is 397 g/mol. The smallest absolute Gasteiger partial charge is 0.257 e. The largest absolute Gasteiger partial charge is 0.355 e. The molecule has 2 aromatic carbocycles. The summed E-state index contributed by atoms with van der Waals surface area (Å²) in [7, 11) is 0. The topological polar surface area (TPSA) is 94.6 Å². The molecule has 0 aromatic heterocycles.